The van der Waals surface area contributed by atoms with Gasteiger partial charge in [0.2, 0.25) is 0 Å². The molecule has 0 aliphatic heterocycles. The van der Waals surface area contributed by atoms with Gasteiger partial charge in [-0.15, -0.1) is 22.7 Å². The van der Waals surface area contributed by atoms with Gasteiger partial charge in [-0.1, -0.05) is 22.4 Å². The predicted molar refractivity (Wildman–Crippen MR) is 94.5 cm³/mol. The smallest absolute Gasteiger partial charge is 0.318 e. The fraction of sp³-hybridized carbons (Fsp3) is 0.250. The Labute approximate surface area is 147 Å². The normalized spacial score (nSPS) is 12.1. The summed E-state index contributed by atoms with van der Waals surface area (Å²) in [5.74, 6) is -1.19. The van der Waals surface area contributed by atoms with Crippen molar-refractivity contribution in [3.63, 3.8) is 0 Å². The summed E-state index contributed by atoms with van der Waals surface area (Å²) in [6, 6.07) is 7.52. The maximum Gasteiger partial charge on any atom is 0.335 e. The van der Waals surface area contributed by atoms with E-state index in [1.54, 1.807) is 13.8 Å². The molecule has 0 unspecified atom stereocenters. The van der Waals surface area contributed by atoms with Crippen LogP contribution in [0.2, 0.25) is 0 Å². The van der Waals surface area contributed by atoms with E-state index in [-0.39, 0.29) is 12.8 Å². The maximum absolute atomic E-state index is 11.6. The Kier molecular flexibility index (Phi) is 6.83. The zero-order valence-electron chi connectivity index (χ0n) is 13.2. The van der Waals surface area contributed by atoms with Crippen LogP contribution in [0.25, 0.3) is 0 Å². The lowest BCUT2D eigenvalue weighted by atomic mass is 10.3. The topological polar surface area (TPSA) is 77.3 Å². The van der Waals surface area contributed by atoms with Crippen LogP contribution in [-0.2, 0) is 19.3 Å². The summed E-state index contributed by atoms with van der Waals surface area (Å²) in [5.41, 5.74) is 1.22. The molecule has 24 heavy (non-hydrogen) atoms. The van der Waals surface area contributed by atoms with Gasteiger partial charge in [-0.05, 0) is 36.7 Å². The van der Waals surface area contributed by atoms with E-state index < -0.39 is 11.9 Å². The van der Waals surface area contributed by atoms with Crippen molar-refractivity contribution in [1.82, 2.24) is 0 Å². The Balaban J connectivity index is 1.72. The van der Waals surface area contributed by atoms with Crippen LogP contribution in [0.4, 0.5) is 0 Å². The molecule has 6 nitrogen and oxygen atoms in total. The molecule has 8 heteroatoms. The number of rotatable bonds is 7. The number of carbonyl (C=O) groups excluding carboxylic acids is 2. The number of carbonyl (C=O) groups is 2. The van der Waals surface area contributed by atoms with E-state index in [9.17, 15) is 9.59 Å². The fourth-order valence-corrected chi connectivity index (χ4v) is 2.93. The van der Waals surface area contributed by atoms with Crippen molar-refractivity contribution in [3.05, 3.63) is 44.8 Å². The van der Waals surface area contributed by atoms with E-state index in [1.165, 1.54) is 22.7 Å². The fourth-order valence-electron chi connectivity index (χ4n) is 1.59. The summed E-state index contributed by atoms with van der Waals surface area (Å²) < 4.78 is 0. The van der Waals surface area contributed by atoms with Crippen LogP contribution in [0.1, 0.15) is 36.4 Å². The van der Waals surface area contributed by atoms with Crippen molar-refractivity contribution >= 4 is 46.0 Å². The molecule has 0 N–H and O–H groups in total. The third kappa shape index (κ3) is 5.71. The van der Waals surface area contributed by atoms with Gasteiger partial charge in [0.15, 0.2) is 0 Å². The zero-order chi connectivity index (χ0) is 17.4. The Morgan fingerprint density at radius 3 is 1.62 bits per heavy atom. The maximum atomic E-state index is 11.6. The largest absolute Gasteiger partial charge is 0.335 e. The van der Waals surface area contributed by atoms with Crippen LogP contribution in [0.5, 0.6) is 0 Å². The van der Waals surface area contributed by atoms with Crippen molar-refractivity contribution < 1.29 is 19.3 Å². The van der Waals surface area contributed by atoms with E-state index in [1.807, 2.05) is 35.0 Å². The summed E-state index contributed by atoms with van der Waals surface area (Å²) in [7, 11) is 0. The van der Waals surface area contributed by atoms with Crippen LogP contribution >= 0.6 is 22.7 Å². The Morgan fingerprint density at radius 1 is 0.875 bits per heavy atom. The lowest BCUT2D eigenvalue weighted by Crippen LogP contribution is -2.08. The predicted octanol–water partition coefficient (Wildman–Crippen LogP) is 3.82. The second-order valence-corrected chi connectivity index (χ2v) is 6.63. The van der Waals surface area contributed by atoms with Crippen molar-refractivity contribution in [2.75, 3.05) is 0 Å². The third-order valence-electron chi connectivity index (χ3n) is 2.86. The van der Waals surface area contributed by atoms with Crippen molar-refractivity contribution in [2.24, 2.45) is 10.3 Å². The molecule has 2 aromatic heterocycles. The average Bonchev–Trinajstić information content (AvgIpc) is 3.28. The molecule has 2 rings (SSSR count). The van der Waals surface area contributed by atoms with Gasteiger partial charge in [-0.3, -0.25) is 0 Å². The molecule has 0 fully saturated rings. The summed E-state index contributed by atoms with van der Waals surface area (Å²) in [6.07, 6.45) is -0.235. The van der Waals surface area contributed by atoms with E-state index >= 15 is 0 Å². The number of thiophene rings is 2. The minimum atomic E-state index is -0.596. The van der Waals surface area contributed by atoms with E-state index in [2.05, 4.69) is 10.3 Å². The molecular weight excluding hydrogens is 348 g/mol. The van der Waals surface area contributed by atoms with Crippen molar-refractivity contribution in [2.45, 2.75) is 26.7 Å². The molecule has 0 amide bonds. The van der Waals surface area contributed by atoms with Gasteiger partial charge in [0, 0.05) is 0 Å². The van der Waals surface area contributed by atoms with Gasteiger partial charge in [0.1, 0.15) is 0 Å². The molecule has 0 atom stereocenters. The first-order valence-corrected chi connectivity index (χ1v) is 8.89. The second-order valence-electron chi connectivity index (χ2n) is 4.73. The minimum Gasteiger partial charge on any atom is -0.318 e. The Hall–Kier alpha value is -2.32. The van der Waals surface area contributed by atoms with Gasteiger partial charge in [-0.2, -0.15) is 0 Å². The van der Waals surface area contributed by atoms with Crippen LogP contribution in [0.3, 0.4) is 0 Å². The van der Waals surface area contributed by atoms with Crippen LogP contribution in [0.15, 0.2) is 45.3 Å². The summed E-state index contributed by atoms with van der Waals surface area (Å²) in [6.45, 7) is 3.49. The van der Waals surface area contributed by atoms with Gasteiger partial charge >= 0.3 is 11.9 Å². The van der Waals surface area contributed by atoms with Crippen molar-refractivity contribution in [1.29, 1.82) is 0 Å². The minimum absolute atomic E-state index is 0.117. The highest BCUT2D eigenvalue weighted by atomic mass is 32.1. The Morgan fingerprint density at radius 2 is 1.29 bits per heavy atom. The molecule has 0 radical (unpaired) electrons. The Bertz CT molecular complexity index is 670. The number of nitrogens with zero attached hydrogens (tertiary/aromatic N) is 2. The number of hydrogen-bond acceptors (Lipinski definition) is 8. The molecule has 0 saturated heterocycles. The highest BCUT2D eigenvalue weighted by molar-refractivity contribution is 7.12. The molecule has 126 valence electrons. The van der Waals surface area contributed by atoms with Gasteiger partial charge in [-0.25, -0.2) is 9.59 Å². The highest BCUT2D eigenvalue weighted by Gasteiger charge is 2.10. The van der Waals surface area contributed by atoms with Crippen LogP contribution in [-0.4, -0.2) is 23.4 Å². The molecule has 0 spiro atoms. The summed E-state index contributed by atoms with van der Waals surface area (Å²) >= 11 is 3.00. The SMILES string of the molecule is C/C(=N\OC(=O)CCC(=O)O/N=C(\C)c1cccs1)c1cccs1. The average molecular weight is 364 g/mol. The first kappa shape index (κ1) is 18.0. The third-order valence-corrected chi connectivity index (χ3v) is 4.81. The first-order chi connectivity index (χ1) is 11.6. The number of hydrogen-bond donors (Lipinski definition) is 0. The van der Waals surface area contributed by atoms with Crippen LogP contribution < -0.4 is 0 Å². The molecule has 0 bridgehead atoms. The molecule has 0 aliphatic rings. The first-order valence-electron chi connectivity index (χ1n) is 7.13. The quantitative estimate of drug-likeness (QED) is 0.425. The molecule has 0 aliphatic carbocycles. The van der Waals surface area contributed by atoms with E-state index in [0.29, 0.717) is 11.4 Å². The lowest BCUT2D eigenvalue weighted by Gasteiger charge is -2.00. The highest BCUT2D eigenvalue weighted by Crippen LogP contribution is 2.11. The molecule has 0 saturated carbocycles. The van der Waals surface area contributed by atoms with Gasteiger partial charge in [0.05, 0.1) is 34.0 Å². The van der Waals surface area contributed by atoms with E-state index in [4.69, 9.17) is 9.68 Å². The molecule has 0 aromatic carbocycles. The zero-order valence-corrected chi connectivity index (χ0v) is 14.9. The molecular formula is C16H16N2O4S2. The van der Waals surface area contributed by atoms with E-state index in [0.717, 1.165) is 9.75 Å². The summed E-state index contributed by atoms with van der Waals surface area (Å²) in [5, 5.41) is 11.3. The monoisotopic (exact) mass is 364 g/mol. The molecule has 2 heterocycles. The molecule has 2 aromatic rings. The second kappa shape index (κ2) is 9.09. The standard InChI is InChI=1S/C16H16N2O4S2/c1-11(13-5-3-9-23-13)17-21-15(19)7-8-16(20)22-18-12(2)14-6-4-10-24-14/h3-6,9-10H,7-8H2,1-2H3/b17-11+,18-12+. The lowest BCUT2D eigenvalue weighted by molar-refractivity contribution is -0.150. The number of oxime groups is 2. The van der Waals surface area contributed by atoms with Crippen LogP contribution in [0, 0.1) is 0 Å². The summed E-state index contributed by atoms with van der Waals surface area (Å²) in [4.78, 5) is 34.5. The van der Waals surface area contributed by atoms with Crippen molar-refractivity contribution in [3.8, 4) is 0 Å². The van der Waals surface area contributed by atoms with Gasteiger partial charge in [0.25, 0.3) is 0 Å². The van der Waals surface area contributed by atoms with Gasteiger partial charge < -0.3 is 9.68 Å².